The van der Waals surface area contributed by atoms with Gasteiger partial charge in [0.05, 0.1) is 24.4 Å². The van der Waals surface area contributed by atoms with Crippen LogP contribution in [0.3, 0.4) is 0 Å². The molecule has 1 aromatic carbocycles. The Hall–Kier alpha value is -3.30. The van der Waals surface area contributed by atoms with Crippen LogP contribution in [0.15, 0.2) is 36.4 Å². The average molecular weight is 449 g/mol. The van der Waals surface area contributed by atoms with Gasteiger partial charge in [-0.15, -0.1) is 0 Å². The smallest absolute Gasteiger partial charge is 0.251 e. The second-order valence-electron chi connectivity index (χ2n) is 8.44. The molecule has 0 saturated carbocycles. The van der Waals surface area contributed by atoms with Crippen LogP contribution in [0.5, 0.6) is 5.88 Å². The standard InChI is InChI=1S/C24H28N6O3/c25-24-28-20-8-7-19(27-21(20)23(29-24)33-18-9-14-32-15-18)16-3-5-17(6-4-16)22(31)26-10-13-30-11-1-2-12-30/h3-8,18H,1-2,9-15H2,(H,26,31)(H2,25,28,29)/t18-/m0/s1. The molecule has 3 N–H and O–H groups in total. The number of nitrogens with one attached hydrogen (secondary N) is 1. The fourth-order valence-electron chi connectivity index (χ4n) is 4.24. The van der Waals surface area contributed by atoms with Crippen molar-refractivity contribution in [1.82, 2.24) is 25.2 Å². The minimum absolute atomic E-state index is 0.0643. The normalized spacial score (nSPS) is 18.6. The van der Waals surface area contributed by atoms with Gasteiger partial charge in [0.1, 0.15) is 6.10 Å². The topological polar surface area (TPSA) is 115 Å². The summed E-state index contributed by atoms with van der Waals surface area (Å²) < 4.78 is 11.4. The molecule has 0 radical (unpaired) electrons. The van der Waals surface area contributed by atoms with E-state index in [1.165, 1.54) is 12.8 Å². The van der Waals surface area contributed by atoms with Gasteiger partial charge >= 0.3 is 0 Å². The molecule has 3 aromatic rings. The summed E-state index contributed by atoms with van der Waals surface area (Å²) >= 11 is 0. The fourth-order valence-corrected chi connectivity index (χ4v) is 4.24. The van der Waals surface area contributed by atoms with Gasteiger partial charge in [-0.2, -0.15) is 4.98 Å². The Bertz CT molecular complexity index is 1120. The molecule has 33 heavy (non-hydrogen) atoms. The molecule has 2 aliphatic rings. The summed E-state index contributed by atoms with van der Waals surface area (Å²) in [5, 5.41) is 3.00. The van der Waals surface area contributed by atoms with E-state index in [9.17, 15) is 4.79 Å². The zero-order valence-corrected chi connectivity index (χ0v) is 18.5. The third-order valence-electron chi connectivity index (χ3n) is 6.05. The monoisotopic (exact) mass is 448 g/mol. The van der Waals surface area contributed by atoms with E-state index < -0.39 is 0 Å². The number of carbonyl (C=O) groups is 1. The van der Waals surface area contributed by atoms with E-state index in [4.69, 9.17) is 20.2 Å². The van der Waals surface area contributed by atoms with Crippen molar-refractivity contribution in [2.75, 3.05) is 45.1 Å². The molecule has 2 fully saturated rings. The number of likely N-dealkylation sites (tertiary alicyclic amines) is 1. The summed E-state index contributed by atoms with van der Waals surface area (Å²) in [5.41, 5.74) is 9.29. The maximum Gasteiger partial charge on any atom is 0.251 e. The number of benzene rings is 1. The molecule has 4 heterocycles. The van der Waals surface area contributed by atoms with E-state index >= 15 is 0 Å². The van der Waals surface area contributed by atoms with Crippen molar-refractivity contribution in [3.05, 3.63) is 42.0 Å². The Morgan fingerprint density at radius 1 is 1.12 bits per heavy atom. The van der Waals surface area contributed by atoms with E-state index in [2.05, 4.69) is 20.2 Å². The summed E-state index contributed by atoms with van der Waals surface area (Å²) in [6.45, 7) is 5.00. The van der Waals surface area contributed by atoms with Gasteiger partial charge in [-0.05, 0) is 50.2 Å². The minimum Gasteiger partial charge on any atom is -0.470 e. The summed E-state index contributed by atoms with van der Waals surface area (Å²) in [7, 11) is 0. The van der Waals surface area contributed by atoms with Crippen LogP contribution in [0.25, 0.3) is 22.3 Å². The molecule has 5 rings (SSSR count). The molecule has 0 bridgehead atoms. The van der Waals surface area contributed by atoms with Gasteiger partial charge in [-0.3, -0.25) is 4.79 Å². The van der Waals surface area contributed by atoms with Crippen LogP contribution < -0.4 is 15.8 Å². The van der Waals surface area contributed by atoms with Crippen LogP contribution in [-0.4, -0.2) is 71.3 Å². The molecule has 2 aliphatic heterocycles. The summed E-state index contributed by atoms with van der Waals surface area (Å²) in [6, 6.07) is 11.2. The van der Waals surface area contributed by atoms with E-state index in [0.717, 1.165) is 37.3 Å². The van der Waals surface area contributed by atoms with Crippen molar-refractivity contribution < 1.29 is 14.3 Å². The number of carbonyl (C=O) groups excluding carboxylic acids is 1. The third-order valence-corrected chi connectivity index (χ3v) is 6.05. The number of amides is 1. The predicted molar refractivity (Wildman–Crippen MR) is 125 cm³/mol. The molecule has 1 atom stereocenters. The molecular formula is C24H28N6O3. The van der Waals surface area contributed by atoms with E-state index in [1.54, 1.807) is 0 Å². The maximum atomic E-state index is 12.5. The maximum absolute atomic E-state index is 12.5. The van der Waals surface area contributed by atoms with Crippen molar-refractivity contribution in [2.24, 2.45) is 0 Å². The lowest BCUT2D eigenvalue weighted by Gasteiger charge is -2.14. The van der Waals surface area contributed by atoms with Gasteiger partial charge in [0, 0.05) is 30.6 Å². The number of nitrogen functional groups attached to an aromatic ring is 1. The molecule has 2 saturated heterocycles. The lowest BCUT2D eigenvalue weighted by molar-refractivity contribution is 0.0949. The SMILES string of the molecule is Nc1nc(O[C@H]2CCOC2)c2nc(-c3ccc(C(=O)NCCN4CCCC4)cc3)ccc2n1. The van der Waals surface area contributed by atoms with E-state index in [-0.39, 0.29) is 18.0 Å². The quantitative estimate of drug-likeness (QED) is 0.566. The van der Waals surface area contributed by atoms with Gasteiger partial charge < -0.3 is 25.4 Å². The minimum atomic E-state index is -0.0729. The first-order valence-corrected chi connectivity index (χ1v) is 11.5. The predicted octanol–water partition coefficient (Wildman–Crippen LogP) is 2.27. The lowest BCUT2D eigenvalue weighted by Crippen LogP contribution is -2.33. The molecule has 2 aromatic heterocycles. The number of aromatic nitrogens is 3. The molecule has 9 nitrogen and oxygen atoms in total. The number of nitrogens with two attached hydrogens (primary N) is 1. The Morgan fingerprint density at radius 3 is 2.70 bits per heavy atom. The van der Waals surface area contributed by atoms with Crippen molar-refractivity contribution >= 4 is 22.9 Å². The van der Waals surface area contributed by atoms with Gasteiger partial charge in [0.2, 0.25) is 11.8 Å². The van der Waals surface area contributed by atoms with Crippen LogP contribution in [0.4, 0.5) is 5.95 Å². The first-order chi connectivity index (χ1) is 16.2. The molecule has 9 heteroatoms. The summed E-state index contributed by atoms with van der Waals surface area (Å²) in [6.07, 6.45) is 3.23. The Kier molecular flexibility index (Phi) is 6.32. The van der Waals surface area contributed by atoms with Crippen molar-refractivity contribution in [2.45, 2.75) is 25.4 Å². The van der Waals surface area contributed by atoms with Crippen molar-refractivity contribution in [3.8, 4) is 17.1 Å². The largest absolute Gasteiger partial charge is 0.470 e. The Labute approximate surface area is 192 Å². The zero-order valence-electron chi connectivity index (χ0n) is 18.5. The second kappa shape index (κ2) is 9.68. The van der Waals surface area contributed by atoms with Crippen LogP contribution in [0, 0.1) is 0 Å². The number of fused-ring (bicyclic) bond motifs is 1. The van der Waals surface area contributed by atoms with Crippen LogP contribution >= 0.6 is 0 Å². The number of nitrogens with zero attached hydrogens (tertiary/aromatic N) is 4. The highest BCUT2D eigenvalue weighted by Gasteiger charge is 2.21. The number of hydrogen-bond donors (Lipinski definition) is 2. The average Bonchev–Trinajstić information content (AvgIpc) is 3.53. The van der Waals surface area contributed by atoms with Crippen molar-refractivity contribution in [1.29, 1.82) is 0 Å². The van der Waals surface area contributed by atoms with Gasteiger partial charge in [-0.25, -0.2) is 9.97 Å². The number of ether oxygens (including phenoxy) is 2. The van der Waals surface area contributed by atoms with Gasteiger partial charge in [0.15, 0.2) is 5.52 Å². The lowest BCUT2D eigenvalue weighted by atomic mass is 10.1. The van der Waals surface area contributed by atoms with E-state index in [0.29, 0.717) is 42.2 Å². The molecule has 0 unspecified atom stereocenters. The van der Waals surface area contributed by atoms with Crippen molar-refractivity contribution in [3.63, 3.8) is 0 Å². The molecule has 0 spiro atoms. The summed E-state index contributed by atoms with van der Waals surface area (Å²) in [4.78, 5) is 28.1. The highest BCUT2D eigenvalue weighted by atomic mass is 16.5. The van der Waals surface area contributed by atoms with Crippen LogP contribution in [-0.2, 0) is 4.74 Å². The molecular weight excluding hydrogens is 420 g/mol. The highest BCUT2D eigenvalue weighted by molar-refractivity contribution is 5.94. The second-order valence-corrected chi connectivity index (χ2v) is 8.44. The Balaban J connectivity index is 1.31. The molecule has 1 amide bonds. The summed E-state index contributed by atoms with van der Waals surface area (Å²) in [5.74, 6) is 0.445. The zero-order chi connectivity index (χ0) is 22.6. The highest BCUT2D eigenvalue weighted by Crippen LogP contribution is 2.27. The van der Waals surface area contributed by atoms with Crippen LogP contribution in [0.1, 0.15) is 29.6 Å². The molecule has 172 valence electrons. The number of hydrogen-bond acceptors (Lipinski definition) is 8. The number of anilines is 1. The first kappa shape index (κ1) is 21.5. The third kappa shape index (κ3) is 5.04. The first-order valence-electron chi connectivity index (χ1n) is 11.5. The van der Waals surface area contributed by atoms with Gasteiger partial charge in [0.25, 0.3) is 5.91 Å². The van der Waals surface area contributed by atoms with Crippen LogP contribution in [0.2, 0.25) is 0 Å². The van der Waals surface area contributed by atoms with Gasteiger partial charge in [-0.1, -0.05) is 12.1 Å². The Morgan fingerprint density at radius 2 is 1.94 bits per heavy atom. The number of rotatable bonds is 7. The molecule has 0 aliphatic carbocycles. The fraction of sp³-hybridized carbons (Fsp3) is 0.417. The number of pyridine rings is 1. The van der Waals surface area contributed by atoms with E-state index in [1.807, 2.05) is 36.4 Å².